The van der Waals surface area contributed by atoms with E-state index < -0.39 is 0 Å². The van der Waals surface area contributed by atoms with Gasteiger partial charge in [0.2, 0.25) is 5.91 Å². The number of amides is 1. The topological polar surface area (TPSA) is 46.9 Å². The average Bonchev–Trinajstić information content (AvgIpc) is 3.25. The largest absolute Gasteiger partial charge is 0.347 e. The highest BCUT2D eigenvalue weighted by Gasteiger charge is 2.22. The van der Waals surface area contributed by atoms with Crippen LogP contribution >= 0.6 is 11.6 Å². The van der Waals surface area contributed by atoms with Gasteiger partial charge in [-0.25, -0.2) is 0 Å². The molecule has 0 aliphatic carbocycles. The van der Waals surface area contributed by atoms with E-state index in [1.807, 2.05) is 54.6 Å². The van der Waals surface area contributed by atoms with Gasteiger partial charge in [0.25, 0.3) is 0 Å². The molecule has 5 rings (SSSR count). The highest BCUT2D eigenvalue weighted by Crippen LogP contribution is 2.30. The molecule has 1 N–H and O–H groups in total. The summed E-state index contributed by atoms with van der Waals surface area (Å²) >= 11 is 6.14. The van der Waals surface area contributed by atoms with Gasteiger partial charge in [-0.3, -0.25) is 9.78 Å². The predicted octanol–water partition coefficient (Wildman–Crippen LogP) is 7.33. The van der Waals surface area contributed by atoms with E-state index in [1.165, 1.54) is 5.56 Å². The zero-order valence-corrected chi connectivity index (χ0v) is 21.9. The van der Waals surface area contributed by atoms with Gasteiger partial charge in [-0.1, -0.05) is 71.8 Å². The molecule has 2 heterocycles. The number of carbonyl (C=O) groups is 1. The lowest BCUT2D eigenvalue weighted by Gasteiger charge is -2.21. The van der Waals surface area contributed by atoms with Gasteiger partial charge in [0, 0.05) is 40.4 Å². The predicted molar refractivity (Wildman–Crippen MR) is 152 cm³/mol. The molecule has 0 radical (unpaired) electrons. The number of pyridine rings is 1. The monoisotopic (exact) mass is 507 g/mol. The maximum atomic E-state index is 13.5. The van der Waals surface area contributed by atoms with Crippen LogP contribution in [0.5, 0.6) is 0 Å². The third kappa shape index (κ3) is 5.60. The van der Waals surface area contributed by atoms with E-state index in [0.29, 0.717) is 17.9 Å². The third-order valence-electron chi connectivity index (χ3n) is 6.75. The van der Waals surface area contributed by atoms with Crippen LogP contribution in [-0.4, -0.2) is 15.5 Å². The summed E-state index contributed by atoms with van der Waals surface area (Å²) in [6.45, 7) is 5.07. The van der Waals surface area contributed by atoms with E-state index in [4.69, 9.17) is 16.6 Å². The van der Waals surface area contributed by atoms with Gasteiger partial charge in [-0.15, -0.1) is 0 Å². The maximum Gasteiger partial charge on any atom is 0.225 e. The number of fused-ring (bicyclic) bond motifs is 1. The fraction of sp³-hybridized carbons (Fsp3) is 0.188. The summed E-state index contributed by atoms with van der Waals surface area (Å²) in [4.78, 5) is 18.3. The Balaban J connectivity index is 1.48. The van der Waals surface area contributed by atoms with Crippen LogP contribution in [0.3, 0.4) is 0 Å². The minimum atomic E-state index is -0.289. The summed E-state index contributed by atoms with van der Waals surface area (Å²) in [7, 11) is 0. The number of aromatic nitrogens is 2. The Morgan fingerprint density at radius 1 is 1.00 bits per heavy atom. The van der Waals surface area contributed by atoms with Crippen LogP contribution in [0.4, 0.5) is 0 Å². The van der Waals surface area contributed by atoms with Crippen LogP contribution in [-0.2, 0) is 24.2 Å². The van der Waals surface area contributed by atoms with Crippen molar-refractivity contribution < 1.29 is 4.79 Å². The summed E-state index contributed by atoms with van der Waals surface area (Å²) in [5.41, 5.74) is 7.36. The SMILES string of the molecule is CCn1cc(CC(=O)N[C@@H](Cc2ccccc2)c2ncccc2-c2ccc(Cl)cc2)c2cc(C)ccc21. The molecular weight excluding hydrogens is 478 g/mol. The van der Waals surface area contributed by atoms with E-state index in [1.54, 1.807) is 6.20 Å². The van der Waals surface area contributed by atoms with Crippen molar-refractivity contribution >= 4 is 28.4 Å². The fourth-order valence-corrected chi connectivity index (χ4v) is 5.07. The average molecular weight is 508 g/mol. The second kappa shape index (κ2) is 11.0. The Morgan fingerprint density at radius 2 is 1.78 bits per heavy atom. The molecule has 1 atom stereocenters. The Labute approximate surface area is 222 Å². The lowest BCUT2D eigenvalue weighted by atomic mass is 9.95. The van der Waals surface area contributed by atoms with Crippen molar-refractivity contribution in [3.05, 3.63) is 125 Å². The molecule has 186 valence electrons. The number of hydrogen-bond acceptors (Lipinski definition) is 2. The molecule has 5 aromatic rings. The molecule has 0 bridgehead atoms. The smallest absolute Gasteiger partial charge is 0.225 e. The van der Waals surface area contributed by atoms with E-state index in [-0.39, 0.29) is 11.9 Å². The van der Waals surface area contributed by atoms with E-state index in [0.717, 1.165) is 45.4 Å². The number of halogens is 1. The zero-order chi connectivity index (χ0) is 25.8. The summed E-state index contributed by atoms with van der Waals surface area (Å²) in [6, 6.07) is 28.1. The number of aryl methyl sites for hydroxylation is 2. The standard InChI is InChI=1S/C32H30ClN3O/c1-3-36-21-25(28-18-22(2)11-16-30(28)36)20-31(37)35-29(19-23-8-5-4-6-9-23)32-27(10-7-17-34-32)24-12-14-26(33)15-13-24/h4-18,21,29H,3,19-20H2,1-2H3,(H,35,37)/t29-/m0/s1. The first-order chi connectivity index (χ1) is 18.0. The van der Waals surface area contributed by atoms with Gasteiger partial charge in [0.1, 0.15) is 0 Å². The molecule has 37 heavy (non-hydrogen) atoms. The van der Waals surface area contributed by atoms with Gasteiger partial charge in [-0.05, 0) is 67.3 Å². The van der Waals surface area contributed by atoms with E-state index >= 15 is 0 Å². The number of rotatable bonds is 8. The van der Waals surface area contributed by atoms with E-state index in [2.05, 4.69) is 60.3 Å². The van der Waals surface area contributed by atoms with Gasteiger partial charge in [-0.2, -0.15) is 0 Å². The van der Waals surface area contributed by atoms with E-state index in [9.17, 15) is 4.79 Å². The molecular formula is C32H30ClN3O. The summed E-state index contributed by atoms with van der Waals surface area (Å²) < 4.78 is 2.20. The molecule has 0 saturated heterocycles. The summed E-state index contributed by atoms with van der Waals surface area (Å²) in [6.07, 6.45) is 4.84. The van der Waals surface area contributed by atoms with Crippen LogP contribution < -0.4 is 5.32 Å². The highest BCUT2D eigenvalue weighted by molar-refractivity contribution is 6.30. The normalized spacial score (nSPS) is 12.0. The molecule has 3 aromatic carbocycles. The van der Waals surface area contributed by atoms with Crippen LogP contribution in [0.15, 0.2) is 97.3 Å². The van der Waals surface area contributed by atoms with Gasteiger partial charge < -0.3 is 9.88 Å². The van der Waals surface area contributed by atoms with Gasteiger partial charge >= 0.3 is 0 Å². The lowest BCUT2D eigenvalue weighted by Crippen LogP contribution is -2.32. The van der Waals surface area contributed by atoms with Crippen molar-refractivity contribution in [1.82, 2.24) is 14.9 Å². The summed E-state index contributed by atoms with van der Waals surface area (Å²) in [5.74, 6) is -0.0229. The summed E-state index contributed by atoms with van der Waals surface area (Å²) in [5, 5.41) is 5.14. The molecule has 0 aliphatic heterocycles. The van der Waals surface area contributed by atoms with Crippen molar-refractivity contribution in [3.8, 4) is 11.1 Å². The van der Waals surface area contributed by atoms with Gasteiger partial charge in [0.05, 0.1) is 18.2 Å². The molecule has 4 nitrogen and oxygen atoms in total. The molecule has 0 unspecified atom stereocenters. The molecule has 0 fully saturated rings. The quantitative estimate of drug-likeness (QED) is 0.239. The zero-order valence-electron chi connectivity index (χ0n) is 21.1. The van der Waals surface area contributed by atoms with Crippen molar-refractivity contribution in [2.24, 2.45) is 0 Å². The van der Waals surface area contributed by atoms with Crippen LogP contribution in [0.1, 0.15) is 35.3 Å². The van der Waals surface area contributed by atoms with Crippen LogP contribution in [0.25, 0.3) is 22.0 Å². The number of benzene rings is 3. The van der Waals surface area contributed by atoms with Crippen LogP contribution in [0, 0.1) is 6.92 Å². The number of nitrogens with zero attached hydrogens (tertiary/aromatic N) is 2. The molecule has 0 saturated carbocycles. The Hall–Kier alpha value is -3.89. The number of carbonyl (C=O) groups excluding carboxylic acids is 1. The maximum absolute atomic E-state index is 13.5. The Bertz CT molecular complexity index is 1520. The van der Waals surface area contributed by atoms with Crippen molar-refractivity contribution in [1.29, 1.82) is 0 Å². The van der Waals surface area contributed by atoms with Crippen molar-refractivity contribution in [2.45, 2.75) is 39.3 Å². The van der Waals surface area contributed by atoms with Crippen LogP contribution in [0.2, 0.25) is 5.02 Å². The Kier molecular flexibility index (Phi) is 7.38. The fourth-order valence-electron chi connectivity index (χ4n) is 4.94. The Morgan fingerprint density at radius 3 is 2.54 bits per heavy atom. The minimum absolute atomic E-state index is 0.0229. The van der Waals surface area contributed by atoms with Crippen molar-refractivity contribution in [2.75, 3.05) is 0 Å². The van der Waals surface area contributed by atoms with Gasteiger partial charge in [0.15, 0.2) is 0 Å². The molecule has 1 amide bonds. The lowest BCUT2D eigenvalue weighted by molar-refractivity contribution is -0.121. The first kappa shape index (κ1) is 24.8. The minimum Gasteiger partial charge on any atom is -0.347 e. The number of hydrogen-bond donors (Lipinski definition) is 1. The second-order valence-electron chi connectivity index (χ2n) is 9.39. The molecule has 5 heteroatoms. The first-order valence-corrected chi connectivity index (χ1v) is 13.0. The number of nitrogens with one attached hydrogen (secondary N) is 1. The highest BCUT2D eigenvalue weighted by atomic mass is 35.5. The molecule has 0 aliphatic rings. The molecule has 0 spiro atoms. The first-order valence-electron chi connectivity index (χ1n) is 12.6. The molecule has 2 aromatic heterocycles. The third-order valence-corrected chi connectivity index (χ3v) is 7.00. The second-order valence-corrected chi connectivity index (χ2v) is 9.83. The van der Waals surface area contributed by atoms with Crippen molar-refractivity contribution in [3.63, 3.8) is 0 Å².